The Bertz CT molecular complexity index is 499. The molecule has 0 heterocycles. The first-order valence-corrected chi connectivity index (χ1v) is 5.86. The quantitative estimate of drug-likeness (QED) is 0.799. The molecule has 0 amide bonds. The highest BCUT2D eigenvalue weighted by molar-refractivity contribution is 7.99. The van der Waals surface area contributed by atoms with Crippen molar-refractivity contribution in [3.63, 3.8) is 0 Å². The number of phenols is 1. The van der Waals surface area contributed by atoms with Crippen LogP contribution in [0.2, 0.25) is 5.02 Å². The highest BCUT2D eigenvalue weighted by Crippen LogP contribution is 2.35. The van der Waals surface area contributed by atoms with Crippen molar-refractivity contribution in [2.75, 3.05) is 5.73 Å². The summed E-state index contributed by atoms with van der Waals surface area (Å²) in [7, 11) is 0. The van der Waals surface area contributed by atoms with E-state index >= 15 is 0 Å². The molecule has 0 aliphatic carbocycles. The van der Waals surface area contributed by atoms with Gasteiger partial charge in [0.05, 0.1) is 4.90 Å². The van der Waals surface area contributed by atoms with E-state index in [1.807, 2.05) is 24.3 Å². The zero-order valence-electron chi connectivity index (χ0n) is 8.35. The fourth-order valence-electron chi connectivity index (χ4n) is 1.24. The van der Waals surface area contributed by atoms with Gasteiger partial charge < -0.3 is 10.8 Å². The number of hydrogen-bond acceptors (Lipinski definition) is 3. The molecule has 82 valence electrons. The van der Waals surface area contributed by atoms with Gasteiger partial charge in [0.15, 0.2) is 0 Å². The van der Waals surface area contributed by atoms with Crippen molar-refractivity contribution in [1.29, 1.82) is 0 Å². The molecule has 0 radical (unpaired) electrons. The normalized spacial score (nSPS) is 10.3. The van der Waals surface area contributed by atoms with Gasteiger partial charge in [-0.3, -0.25) is 0 Å². The number of nitrogen functional groups attached to an aromatic ring is 1. The average molecular weight is 252 g/mol. The molecule has 2 rings (SSSR count). The van der Waals surface area contributed by atoms with Gasteiger partial charge in [-0.15, -0.1) is 0 Å². The van der Waals surface area contributed by atoms with Crippen molar-refractivity contribution in [3.8, 4) is 5.75 Å². The van der Waals surface area contributed by atoms with Gasteiger partial charge in [-0.25, -0.2) is 0 Å². The third-order valence-corrected chi connectivity index (χ3v) is 3.34. The van der Waals surface area contributed by atoms with E-state index in [-0.39, 0.29) is 5.75 Å². The van der Waals surface area contributed by atoms with Gasteiger partial charge in [0, 0.05) is 15.6 Å². The van der Waals surface area contributed by atoms with Crippen LogP contribution in [-0.2, 0) is 0 Å². The van der Waals surface area contributed by atoms with Crippen LogP contribution in [-0.4, -0.2) is 5.11 Å². The summed E-state index contributed by atoms with van der Waals surface area (Å²) in [6, 6.07) is 12.5. The lowest BCUT2D eigenvalue weighted by Crippen LogP contribution is -1.82. The number of halogens is 1. The van der Waals surface area contributed by atoms with Crippen molar-refractivity contribution in [3.05, 3.63) is 47.5 Å². The minimum Gasteiger partial charge on any atom is -0.507 e. The summed E-state index contributed by atoms with van der Waals surface area (Å²) in [5.41, 5.74) is 6.32. The van der Waals surface area contributed by atoms with Gasteiger partial charge >= 0.3 is 0 Å². The lowest BCUT2D eigenvalue weighted by molar-refractivity contribution is 0.462. The number of benzene rings is 2. The van der Waals surface area contributed by atoms with Crippen LogP contribution in [0.15, 0.2) is 52.3 Å². The van der Waals surface area contributed by atoms with Gasteiger partial charge in [0.2, 0.25) is 0 Å². The summed E-state index contributed by atoms with van der Waals surface area (Å²) in [6.07, 6.45) is 0. The minimum absolute atomic E-state index is 0.189. The molecule has 2 nitrogen and oxygen atoms in total. The fraction of sp³-hybridized carbons (Fsp3) is 0. The Kier molecular flexibility index (Phi) is 3.27. The molecule has 3 N–H and O–H groups in total. The molecule has 2 aromatic rings. The molecule has 0 aromatic heterocycles. The summed E-state index contributed by atoms with van der Waals surface area (Å²) in [5.74, 6) is 0.189. The van der Waals surface area contributed by atoms with Crippen LogP contribution < -0.4 is 5.73 Å². The van der Waals surface area contributed by atoms with Gasteiger partial charge in [0.1, 0.15) is 5.75 Å². The molecule has 0 atom stereocenters. The average Bonchev–Trinajstić information content (AvgIpc) is 2.25. The molecule has 4 heteroatoms. The highest BCUT2D eigenvalue weighted by atomic mass is 35.5. The maximum atomic E-state index is 9.68. The van der Waals surface area contributed by atoms with Crippen LogP contribution in [0.1, 0.15) is 0 Å². The highest BCUT2D eigenvalue weighted by Gasteiger charge is 2.03. The molecule has 0 spiro atoms. The van der Waals surface area contributed by atoms with E-state index in [0.29, 0.717) is 5.02 Å². The number of hydrogen-bond donors (Lipinski definition) is 2. The number of rotatable bonds is 2. The van der Waals surface area contributed by atoms with E-state index in [2.05, 4.69) is 0 Å². The van der Waals surface area contributed by atoms with Crippen LogP contribution in [0.3, 0.4) is 0 Å². The molecule has 0 saturated heterocycles. The predicted molar refractivity (Wildman–Crippen MR) is 68.1 cm³/mol. The third-order valence-electron chi connectivity index (χ3n) is 2.03. The van der Waals surface area contributed by atoms with E-state index in [1.54, 1.807) is 12.1 Å². The van der Waals surface area contributed by atoms with Gasteiger partial charge in [-0.1, -0.05) is 23.4 Å². The summed E-state index contributed by atoms with van der Waals surface area (Å²) < 4.78 is 0. The number of phenolic OH excluding ortho intramolecular Hbond substituents is 1. The number of anilines is 1. The first kappa shape index (κ1) is 11.2. The molecule has 0 aliphatic heterocycles. The van der Waals surface area contributed by atoms with Crippen LogP contribution in [0.4, 0.5) is 5.69 Å². The molecule has 2 aromatic carbocycles. The van der Waals surface area contributed by atoms with Crippen molar-refractivity contribution in [2.24, 2.45) is 0 Å². The Morgan fingerprint density at radius 3 is 2.38 bits per heavy atom. The topological polar surface area (TPSA) is 46.2 Å². The Hall–Kier alpha value is -1.32. The molecule has 16 heavy (non-hydrogen) atoms. The van der Waals surface area contributed by atoms with E-state index in [9.17, 15) is 5.11 Å². The zero-order valence-corrected chi connectivity index (χ0v) is 9.92. The smallest absolute Gasteiger partial charge is 0.130 e. The van der Waals surface area contributed by atoms with Crippen LogP contribution in [0.5, 0.6) is 5.75 Å². The minimum atomic E-state index is 0.189. The predicted octanol–water partition coefficient (Wildman–Crippen LogP) is 3.78. The monoisotopic (exact) mass is 251 g/mol. The molecular weight excluding hydrogens is 242 g/mol. The van der Waals surface area contributed by atoms with E-state index < -0.39 is 0 Å². The summed E-state index contributed by atoms with van der Waals surface area (Å²) in [5, 5.41) is 10.2. The van der Waals surface area contributed by atoms with Gasteiger partial charge in [0.25, 0.3) is 0 Å². The first-order chi connectivity index (χ1) is 7.65. The SMILES string of the molecule is Nc1ccc(Sc2ccc(Cl)cc2O)cc1. The molecule has 0 bridgehead atoms. The summed E-state index contributed by atoms with van der Waals surface area (Å²) in [4.78, 5) is 1.79. The second-order valence-corrected chi connectivity index (χ2v) is 4.83. The zero-order chi connectivity index (χ0) is 11.5. The van der Waals surface area contributed by atoms with E-state index in [0.717, 1.165) is 15.5 Å². The van der Waals surface area contributed by atoms with E-state index in [1.165, 1.54) is 17.8 Å². The van der Waals surface area contributed by atoms with Crippen molar-refractivity contribution in [2.45, 2.75) is 9.79 Å². The van der Waals surface area contributed by atoms with Crippen molar-refractivity contribution in [1.82, 2.24) is 0 Å². The molecular formula is C12H10ClNOS. The molecule has 0 aliphatic rings. The summed E-state index contributed by atoms with van der Waals surface area (Å²) >= 11 is 7.22. The van der Waals surface area contributed by atoms with Crippen LogP contribution in [0.25, 0.3) is 0 Å². The van der Waals surface area contributed by atoms with Crippen molar-refractivity contribution < 1.29 is 5.11 Å². The van der Waals surface area contributed by atoms with Crippen LogP contribution >= 0.6 is 23.4 Å². The maximum Gasteiger partial charge on any atom is 0.130 e. The molecule has 0 saturated carbocycles. The summed E-state index contributed by atoms with van der Waals surface area (Å²) in [6.45, 7) is 0. The Morgan fingerprint density at radius 2 is 1.75 bits per heavy atom. The van der Waals surface area contributed by atoms with Gasteiger partial charge in [-0.2, -0.15) is 0 Å². The Balaban J connectivity index is 2.23. The first-order valence-electron chi connectivity index (χ1n) is 4.67. The van der Waals surface area contributed by atoms with E-state index in [4.69, 9.17) is 17.3 Å². The Labute approximate surface area is 103 Å². The standard InChI is InChI=1S/C12H10ClNOS/c13-8-1-6-12(11(15)7-8)16-10-4-2-9(14)3-5-10/h1-7,15H,14H2. The number of nitrogens with two attached hydrogens (primary N) is 1. The second-order valence-electron chi connectivity index (χ2n) is 3.28. The molecule has 0 unspecified atom stereocenters. The van der Waals surface area contributed by atoms with Gasteiger partial charge in [-0.05, 0) is 42.5 Å². The lowest BCUT2D eigenvalue weighted by Gasteiger charge is -2.04. The van der Waals surface area contributed by atoms with Crippen molar-refractivity contribution >= 4 is 29.1 Å². The third kappa shape index (κ3) is 2.62. The Morgan fingerprint density at radius 1 is 1.06 bits per heavy atom. The maximum absolute atomic E-state index is 9.68. The van der Waals surface area contributed by atoms with Crippen LogP contribution in [0, 0.1) is 0 Å². The lowest BCUT2D eigenvalue weighted by atomic mass is 10.3. The fourth-order valence-corrected chi connectivity index (χ4v) is 2.23. The number of aromatic hydroxyl groups is 1. The second kappa shape index (κ2) is 4.68. The molecule has 0 fully saturated rings. The largest absolute Gasteiger partial charge is 0.507 e.